The highest BCUT2D eigenvalue weighted by molar-refractivity contribution is 6.07. The van der Waals surface area contributed by atoms with Crippen LogP contribution in [-0.2, 0) is 0 Å². The minimum absolute atomic E-state index is 0.777. The fraction of sp³-hybridized carbons (Fsp3) is 0.130. The fourth-order valence-corrected chi connectivity index (χ4v) is 3.64. The van der Waals surface area contributed by atoms with E-state index < -0.39 is 0 Å². The van der Waals surface area contributed by atoms with Crippen LogP contribution >= 0.6 is 0 Å². The van der Waals surface area contributed by atoms with Gasteiger partial charge in [-0.1, -0.05) is 12.1 Å². The van der Waals surface area contributed by atoms with E-state index in [1.165, 1.54) is 16.5 Å². The second-order valence-electron chi connectivity index (χ2n) is 6.97. The highest BCUT2D eigenvalue weighted by Crippen LogP contribution is 2.34. The van der Waals surface area contributed by atoms with E-state index in [2.05, 4.69) is 61.3 Å². The average Bonchev–Trinajstić information content (AvgIpc) is 2.99. The van der Waals surface area contributed by atoms with Gasteiger partial charge in [-0.15, -0.1) is 0 Å². The van der Waals surface area contributed by atoms with Gasteiger partial charge >= 0.3 is 0 Å². The molecule has 126 valence electrons. The van der Waals surface area contributed by atoms with E-state index in [4.69, 9.17) is 9.40 Å². The zero-order valence-electron chi connectivity index (χ0n) is 15.0. The van der Waals surface area contributed by atoms with Crippen molar-refractivity contribution < 1.29 is 4.42 Å². The third-order valence-corrected chi connectivity index (χ3v) is 4.89. The lowest BCUT2D eigenvalue weighted by atomic mass is 10.0. The van der Waals surface area contributed by atoms with E-state index in [9.17, 15) is 0 Å². The predicted octanol–water partition coefficient (Wildman–Crippen LogP) is 6.12. The third kappa shape index (κ3) is 2.28. The Morgan fingerprint density at radius 3 is 2.50 bits per heavy atom. The lowest BCUT2D eigenvalue weighted by Crippen LogP contribution is -1.89. The minimum atomic E-state index is 0.777. The van der Waals surface area contributed by atoms with Crippen molar-refractivity contribution in [3.63, 3.8) is 0 Å². The van der Waals surface area contributed by atoms with Gasteiger partial charge < -0.3 is 4.42 Å². The highest BCUT2D eigenvalue weighted by atomic mass is 16.3. The molecule has 0 saturated carbocycles. The summed E-state index contributed by atoms with van der Waals surface area (Å²) in [7, 11) is 0. The summed E-state index contributed by atoms with van der Waals surface area (Å²) in [6.45, 7) is 6.20. The van der Waals surface area contributed by atoms with Crippen molar-refractivity contribution in [3.05, 3.63) is 71.4 Å². The molecule has 5 aromatic rings. The first-order chi connectivity index (χ1) is 12.6. The third-order valence-electron chi connectivity index (χ3n) is 4.89. The number of rotatable bonds is 1. The zero-order valence-corrected chi connectivity index (χ0v) is 15.0. The smallest absolute Gasteiger partial charge is 0.160 e. The lowest BCUT2D eigenvalue weighted by Gasteiger charge is -2.03. The molecule has 0 saturated heterocycles. The molecule has 5 rings (SSSR count). The van der Waals surface area contributed by atoms with E-state index in [0.717, 1.165) is 44.5 Å². The Kier molecular flexibility index (Phi) is 3.13. The minimum Gasteiger partial charge on any atom is -0.456 e. The first-order valence-electron chi connectivity index (χ1n) is 8.77. The van der Waals surface area contributed by atoms with Crippen molar-refractivity contribution in [2.45, 2.75) is 20.8 Å². The van der Waals surface area contributed by atoms with Crippen LogP contribution in [0.4, 0.5) is 0 Å². The molecule has 0 atom stereocenters. The Balaban J connectivity index is 1.72. The SMILES string of the molecule is Cc1cc(C)c2oc3cc(-c4ccc5ccc(C)nc5n4)ccc3c2c1. The first-order valence-corrected chi connectivity index (χ1v) is 8.77. The van der Waals surface area contributed by atoms with E-state index in [1.54, 1.807) is 0 Å². The molecule has 0 radical (unpaired) electrons. The van der Waals surface area contributed by atoms with E-state index >= 15 is 0 Å². The van der Waals surface area contributed by atoms with Gasteiger partial charge in [-0.2, -0.15) is 0 Å². The molecule has 0 aliphatic heterocycles. The van der Waals surface area contributed by atoms with Crippen LogP contribution in [-0.4, -0.2) is 9.97 Å². The summed E-state index contributed by atoms with van der Waals surface area (Å²) < 4.78 is 6.16. The number of hydrogen-bond acceptors (Lipinski definition) is 3. The topological polar surface area (TPSA) is 38.9 Å². The van der Waals surface area contributed by atoms with Crippen LogP contribution < -0.4 is 0 Å². The molecule has 3 heterocycles. The van der Waals surface area contributed by atoms with Crippen LogP contribution in [0.2, 0.25) is 0 Å². The van der Waals surface area contributed by atoms with Gasteiger partial charge in [0.1, 0.15) is 11.2 Å². The van der Waals surface area contributed by atoms with Gasteiger partial charge in [0.15, 0.2) is 5.65 Å². The van der Waals surface area contributed by atoms with Crippen LogP contribution in [0.25, 0.3) is 44.2 Å². The first kappa shape index (κ1) is 15.1. The van der Waals surface area contributed by atoms with Crippen molar-refractivity contribution in [2.24, 2.45) is 0 Å². The van der Waals surface area contributed by atoms with Crippen molar-refractivity contribution in [1.82, 2.24) is 9.97 Å². The van der Waals surface area contributed by atoms with Gasteiger partial charge in [-0.25, -0.2) is 9.97 Å². The molecule has 0 aliphatic rings. The maximum atomic E-state index is 6.16. The summed E-state index contributed by atoms with van der Waals surface area (Å²) in [5.41, 5.74) is 7.97. The monoisotopic (exact) mass is 338 g/mol. The number of nitrogens with zero attached hydrogens (tertiary/aromatic N) is 2. The molecule has 0 unspecified atom stereocenters. The standard InChI is InChI=1S/C23H18N2O/c1-13-10-14(2)22-19(11-13)18-8-6-17(12-21(18)26-22)20-9-7-16-5-4-15(3)24-23(16)25-20/h4-12H,1-3H3. The van der Waals surface area contributed by atoms with Gasteiger partial charge in [-0.3, -0.25) is 0 Å². The number of fused-ring (bicyclic) bond motifs is 4. The molecule has 2 aromatic carbocycles. The van der Waals surface area contributed by atoms with Crippen molar-refractivity contribution in [2.75, 3.05) is 0 Å². The Labute approximate surface area is 151 Å². The number of benzene rings is 2. The second kappa shape index (κ2) is 5.40. The normalized spacial score (nSPS) is 11.7. The number of hydrogen-bond donors (Lipinski definition) is 0. The van der Waals surface area contributed by atoms with Crippen LogP contribution in [0.1, 0.15) is 16.8 Å². The van der Waals surface area contributed by atoms with Crippen LogP contribution in [0.5, 0.6) is 0 Å². The Morgan fingerprint density at radius 1 is 0.769 bits per heavy atom. The summed E-state index contributed by atoms with van der Waals surface area (Å²) in [6, 6.07) is 18.8. The molecule has 3 heteroatoms. The molecule has 3 nitrogen and oxygen atoms in total. The fourth-order valence-electron chi connectivity index (χ4n) is 3.64. The number of aryl methyl sites for hydroxylation is 3. The van der Waals surface area contributed by atoms with Crippen LogP contribution in [0.3, 0.4) is 0 Å². The molecule has 0 amide bonds. The molecule has 0 fully saturated rings. The Morgan fingerprint density at radius 2 is 1.62 bits per heavy atom. The van der Waals surface area contributed by atoms with Crippen molar-refractivity contribution in [1.29, 1.82) is 0 Å². The maximum absolute atomic E-state index is 6.16. The zero-order chi connectivity index (χ0) is 17.8. The predicted molar refractivity (Wildman–Crippen MR) is 106 cm³/mol. The average molecular weight is 338 g/mol. The van der Waals surface area contributed by atoms with E-state index in [-0.39, 0.29) is 0 Å². The second-order valence-corrected chi connectivity index (χ2v) is 6.97. The summed E-state index contributed by atoms with van der Waals surface area (Å²) in [5.74, 6) is 0. The molecule has 0 bridgehead atoms. The van der Waals surface area contributed by atoms with Crippen LogP contribution in [0.15, 0.2) is 59.0 Å². The molecule has 3 aromatic heterocycles. The van der Waals surface area contributed by atoms with Crippen LogP contribution in [0, 0.1) is 20.8 Å². The maximum Gasteiger partial charge on any atom is 0.160 e. The molecule has 0 spiro atoms. The van der Waals surface area contributed by atoms with Gasteiger partial charge in [0.2, 0.25) is 0 Å². The van der Waals surface area contributed by atoms with Gasteiger partial charge in [0.25, 0.3) is 0 Å². The molecular weight excluding hydrogens is 320 g/mol. The van der Waals surface area contributed by atoms with E-state index in [1.807, 2.05) is 19.1 Å². The quantitative estimate of drug-likeness (QED) is 0.369. The van der Waals surface area contributed by atoms with Gasteiger partial charge in [0, 0.05) is 27.4 Å². The molecule has 0 N–H and O–H groups in total. The molecule has 26 heavy (non-hydrogen) atoms. The largest absolute Gasteiger partial charge is 0.456 e. The summed E-state index contributed by atoms with van der Waals surface area (Å²) in [4.78, 5) is 9.29. The molecule has 0 aliphatic carbocycles. The van der Waals surface area contributed by atoms with Gasteiger partial charge in [0.05, 0.1) is 5.69 Å². The Bertz CT molecular complexity index is 1310. The van der Waals surface area contributed by atoms with Gasteiger partial charge in [-0.05, 0) is 74.4 Å². The van der Waals surface area contributed by atoms with E-state index in [0.29, 0.717) is 0 Å². The van der Waals surface area contributed by atoms with Crippen molar-refractivity contribution >= 4 is 33.0 Å². The number of pyridine rings is 2. The number of aromatic nitrogens is 2. The highest BCUT2D eigenvalue weighted by Gasteiger charge is 2.11. The summed E-state index contributed by atoms with van der Waals surface area (Å²) in [6.07, 6.45) is 0. The lowest BCUT2D eigenvalue weighted by molar-refractivity contribution is 0.666. The molecular formula is C23H18N2O. The summed E-state index contributed by atoms with van der Waals surface area (Å²) in [5, 5.41) is 3.37. The number of furan rings is 1. The van der Waals surface area contributed by atoms with Crippen molar-refractivity contribution in [3.8, 4) is 11.3 Å². The Hall–Kier alpha value is -3.20. The summed E-state index contributed by atoms with van der Waals surface area (Å²) >= 11 is 0.